The van der Waals surface area contributed by atoms with Crippen molar-refractivity contribution in [3.63, 3.8) is 0 Å². The van der Waals surface area contributed by atoms with Crippen LogP contribution in [0.4, 0.5) is 5.82 Å². The first-order chi connectivity index (χ1) is 9.66. The molecule has 1 unspecified atom stereocenters. The molecule has 1 atom stereocenters. The van der Waals surface area contributed by atoms with Crippen LogP contribution in [0.1, 0.15) is 13.8 Å². The molecule has 0 radical (unpaired) electrons. The molecule has 0 aromatic carbocycles. The minimum Gasteiger partial charge on any atom is -0.481 e. The molecule has 0 aliphatic rings. The summed E-state index contributed by atoms with van der Waals surface area (Å²) in [6.07, 6.45) is 1.25. The molecular weight excluding hydrogens is 294 g/mol. The highest BCUT2D eigenvalue weighted by atomic mass is 32.2. The van der Waals surface area contributed by atoms with Crippen molar-refractivity contribution in [1.29, 1.82) is 0 Å². The molecule has 2 N–H and O–H groups in total. The quantitative estimate of drug-likeness (QED) is 0.781. The van der Waals surface area contributed by atoms with Crippen molar-refractivity contribution in [2.24, 2.45) is 11.8 Å². The number of hydrogen-bond donors (Lipinski definition) is 2. The molecule has 7 nitrogen and oxygen atoms in total. The summed E-state index contributed by atoms with van der Waals surface area (Å²) in [6.45, 7) is 3.90. The molecule has 1 aromatic rings. The second-order valence-corrected chi connectivity index (χ2v) is 7.39. The number of aromatic nitrogens is 1. The fraction of sp³-hybridized carbons (Fsp3) is 0.538. The van der Waals surface area contributed by atoms with E-state index in [0.717, 1.165) is 4.31 Å². The Balaban J connectivity index is 2.78. The van der Waals surface area contributed by atoms with Gasteiger partial charge in [0.2, 0.25) is 10.0 Å². The number of carboxylic acids is 1. The van der Waals surface area contributed by atoms with E-state index in [1.165, 1.54) is 32.4 Å². The summed E-state index contributed by atoms with van der Waals surface area (Å²) in [4.78, 5) is 15.2. The Morgan fingerprint density at radius 3 is 2.38 bits per heavy atom. The van der Waals surface area contributed by atoms with E-state index in [4.69, 9.17) is 5.11 Å². The number of nitrogens with one attached hydrogen (secondary N) is 1. The smallest absolute Gasteiger partial charge is 0.308 e. The monoisotopic (exact) mass is 315 g/mol. The van der Waals surface area contributed by atoms with Crippen molar-refractivity contribution >= 4 is 21.8 Å². The van der Waals surface area contributed by atoms with Gasteiger partial charge in [0, 0.05) is 26.8 Å². The molecular formula is C13H21N3O4S. The van der Waals surface area contributed by atoms with Gasteiger partial charge in [0.1, 0.15) is 10.7 Å². The Labute approximate surface area is 125 Å². The van der Waals surface area contributed by atoms with Crippen LogP contribution in [0.25, 0.3) is 0 Å². The average Bonchev–Trinajstić information content (AvgIpc) is 2.38. The number of nitrogens with zero attached hydrogens (tertiary/aromatic N) is 2. The van der Waals surface area contributed by atoms with Crippen molar-refractivity contribution in [2.45, 2.75) is 18.7 Å². The van der Waals surface area contributed by atoms with Gasteiger partial charge in [0.15, 0.2) is 0 Å². The lowest BCUT2D eigenvalue weighted by Crippen LogP contribution is -2.27. The first-order valence-corrected chi connectivity index (χ1v) is 7.95. The summed E-state index contributed by atoms with van der Waals surface area (Å²) < 4.78 is 24.9. The molecule has 118 valence electrons. The van der Waals surface area contributed by atoms with Gasteiger partial charge in [-0.05, 0) is 18.1 Å². The third kappa shape index (κ3) is 4.40. The van der Waals surface area contributed by atoms with Crippen molar-refractivity contribution in [1.82, 2.24) is 9.29 Å². The molecule has 0 fully saturated rings. The van der Waals surface area contributed by atoms with Crippen molar-refractivity contribution < 1.29 is 18.3 Å². The average molecular weight is 315 g/mol. The fourth-order valence-electron chi connectivity index (χ4n) is 1.67. The number of rotatable bonds is 7. The van der Waals surface area contributed by atoms with Crippen LogP contribution in [0, 0.1) is 11.8 Å². The van der Waals surface area contributed by atoms with Gasteiger partial charge in [-0.2, -0.15) is 0 Å². The molecule has 0 saturated heterocycles. The van der Waals surface area contributed by atoms with E-state index in [2.05, 4.69) is 10.3 Å². The normalized spacial score (nSPS) is 13.4. The summed E-state index contributed by atoms with van der Waals surface area (Å²) in [7, 11) is -0.611. The predicted molar refractivity (Wildman–Crippen MR) is 79.6 cm³/mol. The van der Waals surface area contributed by atoms with Crippen LogP contribution in [-0.2, 0) is 14.8 Å². The van der Waals surface area contributed by atoms with E-state index in [9.17, 15) is 13.2 Å². The second-order valence-electron chi connectivity index (χ2n) is 5.24. The van der Waals surface area contributed by atoms with E-state index in [1.807, 2.05) is 13.8 Å². The SMILES string of the molecule is CC(C)C(CNc1ccc(S(=O)(=O)N(C)C)cn1)C(=O)O. The largest absolute Gasteiger partial charge is 0.481 e. The lowest BCUT2D eigenvalue weighted by molar-refractivity contribution is -0.142. The second kappa shape index (κ2) is 6.86. The van der Waals surface area contributed by atoms with Gasteiger partial charge in [-0.3, -0.25) is 4.79 Å². The molecule has 0 amide bonds. The van der Waals surface area contributed by atoms with Gasteiger partial charge < -0.3 is 10.4 Å². The zero-order chi connectivity index (χ0) is 16.2. The Bertz CT molecular complexity index is 582. The van der Waals surface area contributed by atoms with Crippen LogP contribution in [0.15, 0.2) is 23.2 Å². The predicted octanol–water partition coefficient (Wildman–Crippen LogP) is 1.10. The molecule has 0 aliphatic heterocycles. The molecule has 1 rings (SSSR count). The number of carbonyl (C=O) groups is 1. The summed E-state index contributed by atoms with van der Waals surface area (Å²) in [5.74, 6) is -0.968. The van der Waals surface area contributed by atoms with Gasteiger partial charge in [0.25, 0.3) is 0 Å². The highest BCUT2D eigenvalue weighted by Gasteiger charge is 2.21. The van der Waals surface area contributed by atoms with E-state index in [0.29, 0.717) is 5.82 Å². The highest BCUT2D eigenvalue weighted by molar-refractivity contribution is 7.89. The van der Waals surface area contributed by atoms with Gasteiger partial charge in [-0.25, -0.2) is 17.7 Å². The number of pyridine rings is 1. The Kier molecular flexibility index (Phi) is 5.68. The van der Waals surface area contributed by atoms with Crippen LogP contribution in [0.2, 0.25) is 0 Å². The molecule has 0 spiro atoms. The van der Waals surface area contributed by atoms with Crippen molar-refractivity contribution in [3.8, 4) is 0 Å². The minimum atomic E-state index is -3.50. The van der Waals surface area contributed by atoms with Crippen LogP contribution >= 0.6 is 0 Å². The molecule has 0 bridgehead atoms. The topological polar surface area (TPSA) is 99.6 Å². The van der Waals surface area contributed by atoms with Gasteiger partial charge >= 0.3 is 5.97 Å². The maximum absolute atomic E-state index is 11.9. The van der Waals surface area contributed by atoms with E-state index < -0.39 is 21.9 Å². The summed E-state index contributed by atoms with van der Waals surface area (Å²) in [5, 5.41) is 12.0. The van der Waals surface area contributed by atoms with Crippen molar-refractivity contribution in [2.75, 3.05) is 26.0 Å². The first-order valence-electron chi connectivity index (χ1n) is 6.51. The number of aliphatic carboxylic acids is 1. The number of carboxylic acid groups (broad SMARTS) is 1. The van der Waals surface area contributed by atoms with Crippen LogP contribution in [0.3, 0.4) is 0 Å². The number of anilines is 1. The molecule has 1 heterocycles. The number of hydrogen-bond acceptors (Lipinski definition) is 5. The maximum atomic E-state index is 11.9. The molecule has 1 aromatic heterocycles. The summed E-state index contributed by atoms with van der Waals surface area (Å²) in [6, 6.07) is 2.96. The van der Waals surface area contributed by atoms with Crippen LogP contribution in [-0.4, -0.2) is 49.4 Å². The minimum absolute atomic E-state index is 0.0107. The maximum Gasteiger partial charge on any atom is 0.308 e. The fourth-order valence-corrected chi connectivity index (χ4v) is 2.52. The van der Waals surface area contributed by atoms with Gasteiger partial charge in [0.05, 0.1) is 5.92 Å². The zero-order valence-electron chi connectivity index (χ0n) is 12.6. The standard InChI is InChI=1S/C13H21N3O4S/c1-9(2)11(13(17)18)8-15-12-6-5-10(7-14-12)21(19,20)16(3)4/h5-7,9,11H,8H2,1-4H3,(H,14,15)(H,17,18). The molecule has 0 aliphatic carbocycles. The Morgan fingerprint density at radius 2 is 2.00 bits per heavy atom. The van der Waals surface area contributed by atoms with Crippen LogP contribution in [0.5, 0.6) is 0 Å². The Morgan fingerprint density at radius 1 is 1.38 bits per heavy atom. The summed E-state index contributed by atoms with van der Waals surface area (Å²) in [5.41, 5.74) is 0. The van der Waals surface area contributed by atoms with Gasteiger partial charge in [-0.15, -0.1) is 0 Å². The third-order valence-electron chi connectivity index (χ3n) is 3.14. The summed E-state index contributed by atoms with van der Waals surface area (Å²) >= 11 is 0. The van der Waals surface area contributed by atoms with E-state index in [1.54, 1.807) is 0 Å². The van der Waals surface area contributed by atoms with E-state index in [-0.39, 0.29) is 17.4 Å². The molecule has 21 heavy (non-hydrogen) atoms. The zero-order valence-corrected chi connectivity index (χ0v) is 13.4. The highest BCUT2D eigenvalue weighted by Crippen LogP contribution is 2.16. The Hall–Kier alpha value is -1.67. The van der Waals surface area contributed by atoms with Crippen LogP contribution < -0.4 is 5.32 Å². The van der Waals surface area contributed by atoms with Crippen molar-refractivity contribution in [3.05, 3.63) is 18.3 Å². The van der Waals surface area contributed by atoms with E-state index >= 15 is 0 Å². The third-order valence-corrected chi connectivity index (χ3v) is 4.94. The number of sulfonamides is 1. The first kappa shape index (κ1) is 17.4. The lowest BCUT2D eigenvalue weighted by Gasteiger charge is -2.17. The van der Waals surface area contributed by atoms with Gasteiger partial charge in [-0.1, -0.05) is 13.8 Å². The molecule has 8 heteroatoms. The lowest BCUT2D eigenvalue weighted by atomic mass is 9.96. The molecule has 0 saturated carbocycles.